The predicted molar refractivity (Wildman–Crippen MR) is 74.6 cm³/mol. The number of aromatic nitrogens is 1. The summed E-state index contributed by atoms with van der Waals surface area (Å²) in [6.45, 7) is 3.90. The second-order valence-electron chi connectivity index (χ2n) is 4.20. The van der Waals surface area contributed by atoms with E-state index in [-0.39, 0.29) is 5.92 Å². The highest BCUT2D eigenvalue weighted by Gasteiger charge is 2.16. The fourth-order valence-electron chi connectivity index (χ4n) is 1.52. The fourth-order valence-corrected chi connectivity index (χ4v) is 2.40. The Balaban J connectivity index is 2.09. The van der Waals surface area contributed by atoms with Crippen molar-refractivity contribution < 1.29 is 5.11 Å². The second-order valence-corrected chi connectivity index (χ2v) is 5.09. The van der Waals surface area contributed by atoms with Crippen molar-refractivity contribution in [2.45, 2.75) is 25.9 Å². The summed E-state index contributed by atoms with van der Waals surface area (Å²) < 4.78 is 0. The number of rotatable bonds is 2. The van der Waals surface area contributed by atoms with Crippen LogP contribution in [0.25, 0.3) is 0 Å². The zero-order valence-corrected chi connectivity index (χ0v) is 11.2. The van der Waals surface area contributed by atoms with Gasteiger partial charge in [0.1, 0.15) is 6.10 Å². The number of thiazole rings is 1. The molecule has 2 aromatic rings. The Kier molecular flexibility index (Phi) is 4.14. The van der Waals surface area contributed by atoms with E-state index >= 15 is 0 Å². The average Bonchev–Trinajstić information content (AvgIpc) is 2.83. The maximum Gasteiger partial charge on any atom is 0.124 e. The molecule has 0 amide bonds. The molecule has 1 aromatic carbocycles. The molecule has 3 heteroatoms. The van der Waals surface area contributed by atoms with Crippen LogP contribution in [0.2, 0.25) is 0 Å². The van der Waals surface area contributed by atoms with Gasteiger partial charge in [0, 0.05) is 22.6 Å². The van der Waals surface area contributed by atoms with Crippen molar-refractivity contribution in [3.63, 3.8) is 0 Å². The van der Waals surface area contributed by atoms with Crippen LogP contribution in [0, 0.1) is 18.8 Å². The third-order valence-electron chi connectivity index (χ3n) is 2.64. The molecular weight excluding hydrogens is 242 g/mol. The van der Waals surface area contributed by atoms with Gasteiger partial charge in [0.25, 0.3) is 0 Å². The summed E-state index contributed by atoms with van der Waals surface area (Å²) in [4.78, 5) is 4.38. The van der Waals surface area contributed by atoms with Crippen LogP contribution in [0.1, 0.15) is 29.1 Å². The Labute approximate surface area is 111 Å². The third kappa shape index (κ3) is 3.19. The molecular formula is C15H15NOS. The quantitative estimate of drug-likeness (QED) is 0.839. The first kappa shape index (κ1) is 12.8. The highest BCUT2D eigenvalue weighted by Crippen LogP contribution is 2.22. The number of nitrogens with zero attached hydrogens (tertiary/aromatic N) is 1. The summed E-state index contributed by atoms with van der Waals surface area (Å²) in [5.74, 6) is 5.80. The first-order chi connectivity index (χ1) is 8.66. The minimum Gasteiger partial charge on any atom is -0.380 e. The molecule has 2 atom stereocenters. The lowest BCUT2D eigenvalue weighted by atomic mass is 10.1. The third-order valence-corrected chi connectivity index (χ3v) is 3.80. The Morgan fingerprint density at radius 3 is 2.61 bits per heavy atom. The smallest absolute Gasteiger partial charge is 0.124 e. The molecule has 0 spiro atoms. The molecule has 0 aliphatic rings. The monoisotopic (exact) mass is 257 g/mol. The lowest BCUT2D eigenvalue weighted by Crippen LogP contribution is -2.13. The van der Waals surface area contributed by atoms with Crippen molar-refractivity contribution in [1.29, 1.82) is 0 Å². The van der Waals surface area contributed by atoms with E-state index in [1.807, 2.05) is 49.6 Å². The van der Waals surface area contributed by atoms with Gasteiger partial charge in [0.15, 0.2) is 0 Å². The van der Waals surface area contributed by atoms with Crippen LogP contribution in [-0.4, -0.2) is 16.2 Å². The van der Waals surface area contributed by atoms with Gasteiger partial charge in [0.2, 0.25) is 0 Å². The topological polar surface area (TPSA) is 33.1 Å². The predicted octanol–water partition coefficient (Wildman–Crippen LogP) is 2.97. The number of aliphatic hydroxyl groups excluding tert-OH is 1. The molecule has 0 saturated heterocycles. The van der Waals surface area contributed by atoms with Crippen LogP contribution in [0.15, 0.2) is 35.7 Å². The zero-order valence-electron chi connectivity index (χ0n) is 10.4. The van der Waals surface area contributed by atoms with Gasteiger partial charge < -0.3 is 5.11 Å². The van der Waals surface area contributed by atoms with Gasteiger partial charge in [-0.15, -0.1) is 11.3 Å². The summed E-state index contributed by atoms with van der Waals surface area (Å²) in [5.41, 5.74) is 1.91. The van der Waals surface area contributed by atoms with Gasteiger partial charge in [-0.2, -0.15) is 0 Å². The molecule has 1 heterocycles. The van der Waals surface area contributed by atoms with Crippen LogP contribution in [-0.2, 0) is 0 Å². The van der Waals surface area contributed by atoms with Crippen molar-refractivity contribution >= 4 is 11.3 Å². The lowest BCUT2D eigenvalue weighted by molar-refractivity contribution is 0.206. The molecule has 1 N–H and O–H groups in total. The van der Waals surface area contributed by atoms with Crippen molar-refractivity contribution in [1.82, 2.24) is 4.98 Å². The van der Waals surface area contributed by atoms with E-state index in [0.717, 1.165) is 16.3 Å². The minimum absolute atomic E-state index is 0.0556. The molecule has 0 radical (unpaired) electrons. The molecule has 1 aromatic heterocycles. The average molecular weight is 257 g/mol. The Morgan fingerprint density at radius 2 is 2.00 bits per heavy atom. The van der Waals surface area contributed by atoms with Gasteiger partial charge in [-0.25, -0.2) is 4.98 Å². The number of aryl methyl sites for hydroxylation is 1. The summed E-state index contributed by atoms with van der Waals surface area (Å²) in [6.07, 6.45) is -0.684. The Hall–Kier alpha value is -1.63. The Morgan fingerprint density at radius 1 is 1.28 bits per heavy atom. The zero-order chi connectivity index (χ0) is 13.0. The molecule has 0 saturated carbocycles. The van der Waals surface area contributed by atoms with E-state index < -0.39 is 6.10 Å². The van der Waals surface area contributed by atoms with Crippen molar-refractivity contribution in [3.05, 3.63) is 52.0 Å². The first-order valence-corrected chi connectivity index (χ1v) is 6.71. The van der Waals surface area contributed by atoms with Crippen LogP contribution in [0.3, 0.4) is 0 Å². The summed E-state index contributed by atoms with van der Waals surface area (Å²) >= 11 is 1.57. The van der Waals surface area contributed by atoms with E-state index in [4.69, 9.17) is 0 Å². The minimum atomic E-state index is -0.684. The lowest BCUT2D eigenvalue weighted by Gasteiger charge is -2.10. The van der Waals surface area contributed by atoms with Crippen LogP contribution in [0.4, 0.5) is 0 Å². The molecule has 0 bridgehead atoms. The summed E-state index contributed by atoms with van der Waals surface area (Å²) in [5, 5.41) is 13.0. The fraction of sp³-hybridized carbons (Fsp3) is 0.267. The van der Waals surface area contributed by atoms with Gasteiger partial charge in [0.05, 0.1) is 5.01 Å². The van der Waals surface area contributed by atoms with Crippen molar-refractivity contribution in [2.75, 3.05) is 0 Å². The number of hydrogen-bond donors (Lipinski definition) is 1. The SMILES string of the molecule is Cc1csc([C@@H](C)[C@@H](O)C#Cc2ccccc2)n1. The van der Waals surface area contributed by atoms with E-state index in [9.17, 15) is 5.11 Å². The number of hydrogen-bond acceptors (Lipinski definition) is 3. The summed E-state index contributed by atoms with van der Waals surface area (Å²) in [7, 11) is 0. The van der Waals surface area contributed by atoms with E-state index in [2.05, 4.69) is 16.8 Å². The maximum atomic E-state index is 10.0. The van der Waals surface area contributed by atoms with Gasteiger partial charge >= 0.3 is 0 Å². The molecule has 18 heavy (non-hydrogen) atoms. The highest BCUT2D eigenvalue weighted by atomic mass is 32.1. The number of benzene rings is 1. The molecule has 0 aliphatic carbocycles. The van der Waals surface area contributed by atoms with Crippen LogP contribution in [0.5, 0.6) is 0 Å². The molecule has 0 fully saturated rings. The van der Waals surface area contributed by atoms with Crippen molar-refractivity contribution in [2.24, 2.45) is 0 Å². The second kappa shape index (κ2) is 5.81. The molecule has 0 aliphatic heterocycles. The summed E-state index contributed by atoms with van der Waals surface area (Å²) in [6, 6.07) is 9.67. The molecule has 0 unspecified atom stereocenters. The van der Waals surface area contributed by atoms with E-state index in [1.165, 1.54) is 0 Å². The molecule has 2 rings (SSSR count). The first-order valence-electron chi connectivity index (χ1n) is 5.83. The van der Waals surface area contributed by atoms with Crippen LogP contribution < -0.4 is 0 Å². The van der Waals surface area contributed by atoms with E-state index in [1.54, 1.807) is 11.3 Å². The molecule has 2 nitrogen and oxygen atoms in total. The number of aliphatic hydroxyl groups is 1. The Bertz CT molecular complexity index is 565. The van der Waals surface area contributed by atoms with Gasteiger partial charge in [-0.3, -0.25) is 0 Å². The highest BCUT2D eigenvalue weighted by molar-refractivity contribution is 7.09. The maximum absolute atomic E-state index is 10.0. The van der Waals surface area contributed by atoms with E-state index in [0.29, 0.717) is 0 Å². The largest absolute Gasteiger partial charge is 0.380 e. The standard InChI is InChI=1S/C15H15NOS/c1-11-10-18-15(16-11)12(2)14(17)9-8-13-6-4-3-5-7-13/h3-7,10,12,14,17H,1-2H3/t12-,14-/m0/s1. The van der Waals surface area contributed by atoms with Gasteiger partial charge in [-0.1, -0.05) is 37.0 Å². The normalized spacial score (nSPS) is 13.5. The van der Waals surface area contributed by atoms with Gasteiger partial charge in [-0.05, 0) is 19.1 Å². The van der Waals surface area contributed by atoms with Crippen LogP contribution >= 0.6 is 11.3 Å². The van der Waals surface area contributed by atoms with Crippen molar-refractivity contribution in [3.8, 4) is 11.8 Å². The molecule has 92 valence electrons.